The predicted molar refractivity (Wildman–Crippen MR) is 132 cm³/mol. The zero-order valence-electron chi connectivity index (χ0n) is 18.3. The summed E-state index contributed by atoms with van der Waals surface area (Å²) in [5, 5.41) is 7.55. The second-order valence-corrected chi connectivity index (χ2v) is 7.40. The van der Waals surface area contributed by atoms with Crippen molar-refractivity contribution in [2.45, 2.75) is 6.92 Å². The van der Waals surface area contributed by atoms with Gasteiger partial charge in [0.05, 0.1) is 23.8 Å². The lowest BCUT2D eigenvalue weighted by Gasteiger charge is -2.05. The highest BCUT2D eigenvalue weighted by molar-refractivity contribution is 5.95. The van der Waals surface area contributed by atoms with Gasteiger partial charge in [0.2, 0.25) is 0 Å². The maximum Gasteiger partial charge on any atom is 0.178 e. The first-order valence-corrected chi connectivity index (χ1v) is 10.5. The second kappa shape index (κ2) is 8.55. The third kappa shape index (κ3) is 3.70. The molecular weight excluding hydrogens is 412 g/mol. The molecule has 0 fully saturated rings. The predicted octanol–water partition coefficient (Wildman–Crippen LogP) is 5.72. The molecule has 2 N–H and O–H groups in total. The van der Waals surface area contributed by atoms with E-state index < -0.39 is 0 Å². The number of fused-ring (bicyclic) bond motifs is 2. The number of nitrogens with zero attached hydrogens (tertiary/aromatic N) is 4. The van der Waals surface area contributed by atoms with Crippen LogP contribution in [-0.4, -0.2) is 37.2 Å². The van der Waals surface area contributed by atoms with E-state index in [1.54, 1.807) is 19.4 Å². The number of nitrogens with one attached hydrogen (secondary N) is 2. The van der Waals surface area contributed by atoms with E-state index in [0.717, 1.165) is 44.7 Å². The van der Waals surface area contributed by atoms with Crippen LogP contribution in [0, 0.1) is 0 Å². The van der Waals surface area contributed by atoms with E-state index in [0.29, 0.717) is 17.2 Å². The van der Waals surface area contributed by atoms with Gasteiger partial charge in [0.15, 0.2) is 17.2 Å². The summed E-state index contributed by atoms with van der Waals surface area (Å²) in [6, 6.07) is 13.8. The number of hydrogen-bond donors (Lipinski definition) is 2. The minimum absolute atomic E-state index is 0.601. The van der Waals surface area contributed by atoms with E-state index in [4.69, 9.17) is 14.7 Å². The van der Waals surface area contributed by atoms with Crippen LogP contribution in [0.1, 0.15) is 12.6 Å². The van der Waals surface area contributed by atoms with E-state index in [9.17, 15) is 0 Å². The number of aromatic amines is 2. The molecule has 5 rings (SSSR count). The van der Waals surface area contributed by atoms with Crippen LogP contribution in [0.25, 0.3) is 50.4 Å². The fraction of sp³-hybridized carbons (Fsp3) is 0.0769. The monoisotopic (exact) mass is 434 g/mol. The van der Waals surface area contributed by atoms with Crippen LogP contribution >= 0.6 is 0 Å². The lowest BCUT2D eigenvalue weighted by molar-refractivity contribution is 0.415. The van der Waals surface area contributed by atoms with Gasteiger partial charge >= 0.3 is 0 Å². The molecule has 0 aliphatic carbocycles. The summed E-state index contributed by atoms with van der Waals surface area (Å²) in [6.45, 7) is 5.78. The van der Waals surface area contributed by atoms with Crippen molar-refractivity contribution in [1.29, 1.82) is 0 Å². The Balaban J connectivity index is 1.65. The second-order valence-electron chi connectivity index (χ2n) is 7.40. The SMILES string of the molecule is C=C/C=C(\C=C/C)c1ccc2[nH]nc(-c3nc4nccc(-c5cccc(OC)c5)c4[nH]3)c2n1. The topological polar surface area (TPSA) is 92.4 Å². The molecule has 7 nitrogen and oxygen atoms in total. The third-order valence-electron chi connectivity index (χ3n) is 5.34. The number of pyridine rings is 2. The number of benzene rings is 1. The Bertz CT molecular complexity index is 1540. The van der Waals surface area contributed by atoms with Gasteiger partial charge in [-0.15, -0.1) is 0 Å². The minimum atomic E-state index is 0.601. The van der Waals surface area contributed by atoms with Gasteiger partial charge in [0.1, 0.15) is 11.3 Å². The molecule has 7 heteroatoms. The zero-order chi connectivity index (χ0) is 22.8. The average molecular weight is 435 g/mol. The van der Waals surface area contributed by atoms with Crippen molar-refractivity contribution in [2.24, 2.45) is 0 Å². The highest BCUT2D eigenvalue weighted by atomic mass is 16.5. The molecule has 0 bridgehead atoms. The van der Waals surface area contributed by atoms with Crippen molar-refractivity contribution in [3.05, 3.63) is 85.2 Å². The molecule has 5 aromatic rings. The van der Waals surface area contributed by atoms with Crippen molar-refractivity contribution < 1.29 is 4.74 Å². The molecule has 0 saturated heterocycles. The van der Waals surface area contributed by atoms with Gasteiger partial charge in [-0.3, -0.25) is 5.10 Å². The smallest absolute Gasteiger partial charge is 0.178 e. The van der Waals surface area contributed by atoms with E-state index in [-0.39, 0.29) is 0 Å². The zero-order valence-corrected chi connectivity index (χ0v) is 18.3. The van der Waals surface area contributed by atoms with Crippen LogP contribution in [0.4, 0.5) is 0 Å². The molecule has 4 heterocycles. The quantitative estimate of drug-likeness (QED) is 0.334. The molecule has 0 aliphatic rings. The Labute approximate surface area is 190 Å². The Morgan fingerprint density at radius 1 is 1.12 bits per heavy atom. The number of hydrogen-bond acceptors (Lipinski definition) is 5. The summed E-state index contributed by atoms with van der Waals surface area (Å²) in [7, 11) is 1.66. The van der Waals surface area contributed by atoms with Gasteiger partial charge in [0, 0.05) is 11.8 Å². The number of allylic oxidation sites excluding steroid dienone is 5. The Morgan fingerprint density at radius 2 is 2.03 bits per heavy atom. The van der Waals surface area contributed by atoms with Crippen LogP contribution < -0.4 is 4.74 Å². The van der Waals surface area contributed by atoms with Crippen LogP contribution in [0.15, 0.2) is 79.5 Å². The van der Waals surface area contributed by atoms with Crippen LogP contribution in [0.3, 0.4) is 0 Å². The molecule has 0 aliphatic heterocycles. The van der Waals surface area contributed by atoms with Crippen LogP contribution in [0.2, 0.25) is 0 Å². The van der Waals surface area contributed by atoms with Crippen molar-refractivity contribution in [2.75, 3.05) is 7.11 Å². The standard InChI is InChI=1S/C26H22N6O/c1-4-7-16(8-5-2)20-11-12-21-23(28-20)24(32-31-21)26-29-22-19(13-14-27-25(22)30-26)17-9-6-10-18(15-17)33-3/h4-15H,1H2,2-3H3,(H,31,32)(H,27,29,30)/b8-5-,16-7+. The summed E-state index contributed by atoms with van der Waals surface area (Å²) in [6.07, 6.45) is 9.41. The third-order valence-corrected chi connectivity index (χ3v) is 5.34. The number of rotatable bonds is 6. The fourth-order valence-corrected chi connectivity index (χ4v) is 3.81. The molecule has 1 aromatic carbocycles. The number of aromatic nitrogens is 6. The lowest BCUT2D eigenvalue weighted by Crippen LogP contribution is -1.89. The number of H-pyrrole nitrogens is 2. The molecule has 0 saturated carbocycles. The summed E-state index contributed by atoms with van der Waals surface area (Å²) >= 11 is 0. The van der Waals surface area contributed by atoms with Crippen molar-refractivity contribution in [1.82, 2.24) is 30.1 Å². The van der Waals surface area contributed by atoms with Crippen LogP contribution in [0.5, 0.6) is 5.75 Å². The molecule has 0 atom stereocenters. The van der Waals surface area contributed by atoms with E-state index in [1.807, 2.05) is 67.6 Å². The van der Waals surface area contributed by atoms with Crippen molar-refractivity contribution >= 4 is 27.8 Å². The molecule has 0 radical (unpaired) electrons. The Morgan fingerprint density at radius 3 is 2.85 bits per heavy atom. The summed E-state index contributed by atoms with van der Waals surface area (Å²) in [5.41, 5.74) is 7.42. The highest BCUT2D eigenvalue weighted by Crippen LogP contribution is 2.32. The summed E-state index contributed by atoms with van der Waals surface area (Å²) < 4.78 is 5.39. The number of methoxy groups -OCH3 is 1. The summed E-state index contributed by atoms with van der Waals surface area (Å²) in [4.78, 5) is 17.4. The van der Waals surface area contributed by atoms with E-state index >= 15 is 0 Å². The van der Waals surface area contributed by atoms with Gasteiger partial charge in [-0.25, -0.2) is 15.0 Å². The summed E-state index contributed by atoms with van der Waals surface area (Å²) in [5.74, 6) is 1.39. The molecule has 0 amide bonds. The molecule has 0 unspecified atom stereocenters. The van der Waals surface area contributed by atoms with Gasteiger partial charge in [0.25, 0.3) is 0 Å². The first-order valence-electron chi connectivity index (χ1n) is 10.5. The maximum absolute atomic E-state index is 5.39. The maximum atomic E-state index is 5.39. The number of ether oxygens (including phenoxy) is 1. The Hall–Kier alpha value is -4.52. The fourth-order valence-electron chi connectivity index (χ4n) is 3.81. The van der Waals surface area contributed by atoms with Crippen LogP contribution in [-0.2, 0) is 0 Å². The number of imidazole rings is 1. The van der Waals surface area contributed by atoms with Gasteiger partial charge in [-0.2, -0.15) is 5.10 Å². The normalized spacial score (nSPS) is 12.1. The molecule has 33 heavy (non-hydrogen) atoms. The van der Waals surface area contributed by atoms with E-state index in [1.165, 1.54) is 0 Å². The average Bonchev–Trinajstić information content (AvgIpc) is 3.47. The molecule has 4 aromatic heterocycles. The first kappa shape index (κ1) is 20.4. The molecule has 162 valence electrons. The molecule has 0 spiro atoms. The van der Waals surface area contributed by atoms with Gasteiger partial charge in [-0.05, 0) is 48.4 Å². The largest absolute Gasteiger partial charge is 0.497 e. The molecular formula is C26H22N6O. The van der Waals surface area contributed by atoms with Gasteiger partial charge < -0.3 is 9.72 Å². The minimum Gasteiger partial charge on any atom is -0.497 e. The van der Waals surface area contributed by atoms with Gasteiger partial charge in [-0.1, -0.05) is 43.0 Å². The Kier molecular flexibility index (Phi) is 5.28. The van der Waals surface area contributed by atoms with Crippen molar-refractivity contribution in [3.63, 3.8) is 0 Å². The highest BCUT2D eigenvalue weighted by Gasteiger charge is 2.17. The lowest BCUT2D eigenvalue weighted by atomic mass is 10.1. The first-order chi connectivity index (χ1) is 16.2. The van der Waals surface area contributed by atoms with E-state index in [2.05, 4.69) is 26.7 Å². The van der Waals surface area contributed by atoms with Crippen molar-refractivity contribution in [3.8, 4) is 28.4 Å².